The lowest BCUT2D eigenvalue weighted by Gasteiger charge is -2.11. The van der Waals surface area contributed by atoms with Crippen molar-refractivity contribution in [2.45, 2.75) is 6.92 Å². The molecule has 7 heteroatoms. The first-order valence-corrected chi connectivity index (χ1v) is 8.35. The summed E-state index contributed by atoms with van der Waals surface area (Å²) in [6.45, 7) is 2.01. The minimum Gasteiger partial charge on any atom is -0.463 e. The second-order valence-electron chi connectivity index (χ2n) is 5.32. The Morgan fingerprint density at radius 3 is 2.80 bits per heavy atom. The van der Waals surface area contributed by atoms with Crippen LogP contribution >= 0.6 is 11.3 Å². The predicted molar refractivity (Wildman–Crippen MR) is 96.2 cm³/mol. The van der Waals surface area contributed by atoms with Crippen LogP contribution in [0, 0.1) is 6.92 Å². The number of hydrogen-bond donors (Lipinski definition) is 0. The summed E-state index contributed by atoms with van der Waals surface area (Å²) in [5, 5.41) is 5.95. The Hall–Kier alpha value is -3.19. The van der Waals surface area contributed by atoms with Crippen molar-refractivity contribution in [3.63, 3.8) is 0 Å². The molecule has 1 aromatic carbocycles. The molecule has 0 aliphatic carbocycles. The normalized spacial score (nSPS) is 11.4. The van der Waals surface area contributed by atoms with Crippen molar-refractivity contribution < 1.29 is 13.6 Å². The van der Waals surface area contributed by atoms with Crippen LogP contribution in [0.5, 0.6) is 0 Å². The molecule has 0 bridgehead atoms. The Labute approximate surface area is 147 Å². The Kier molecular flexibility index (Phi) is 3.91. The van der Waals surface area contributed by atoms with Gasteiger partial charge in [0.2, 0.25) is 5.13 Å². The van der Waals surface area contributed by atoms with Crippen LogP contribution in [0.4, 0.5) is 5.13 Å². The predicted octanol–water partition coefficient (Wildman–Crippen LogP) is 4.47. The molecule has 0 saturated carbocycles. The Morgan fingerprint density at radius 2 is 2.04 bits per heavy atom. The van der Waals surface area contributed by atoms with Crippen molar-refractivity contribution in [2.75, 3.05) is 5.01 Å². The number of fused-ring (bicyclic) bond motifs is 1. The lowest BCUT2D eigenvalue weighted by atomic mass is 10.2. The number of benzene rings is 1. The van der Waals surface area contributed by atoms with Crippen molar-refractivity contribution in [2.24, 2.45) is 5.10 Å². The first kappa shape index (κ1) is 15.3. The number of hydrazone groups is 1. The molecule has 0 N–H and O–H groups in total. The highest BCUT2D eigenvalue weighted by atomic mass is 32.1. The van der Waals surface area contributed by atoms with E-state index in [1.165, 1.54) is 28.8 Å². The van der Waals surface area contributed by atoms with Crippen LogP contribution in [-0.2, 0) is 0 Å². The van der Waals surface area contributed by atoms with Gasteiger partial charge >= 0.3 is 5.91 Å². The van der Waals surface area contributed by atoms with Crippen molar-refractivity contribution >= 4 is 38.8 Å². The summed E-state index contributed by atoms with van der Waals surface area (Å²) in [7, 11) is 0. The lowest BCUT2D eigenvalue weighted by molar-refractivity contribution is 0.0961. The van der Waals surface area contributed by atoms with Gasteiger partial charge < -0.3 is 8.83 Å². The van der Waals surface area contributed by atoms with E-state index in [4.69, 9.17) is 8.83 Å². The van der Waals surface area contributed by atoms with Crippen molar-refractivity contribution in [3.8, 4) is 0 Å². The molecule has 3 aromatic heterocycles. The Balaban J connectivity index is 1.76. The molecule has 0 radical (unpaired) electrons. The third-order valence-corrected chi connectivity index (χ3v) is 4.48. The monoisotopic (exact) mass is 351 g/mol. The van der Waals surface area contributed by atoms with Gasteiger partial charge in [0.25, 0.3) is 0 Å². The number of aromatic nitrogens is 1. The fourth-order valence-corrected chi connectivity index (χ4v) is 3.30. The van der Waals surface area contributed by atoms with E-state index in [1.54, 1.807) is 30.5 Å². The quantitative estimate of drug-likeness (QED) is 0.402. The summed E-state index contributed by atoms with van der Waals surface area (Å²) in [6, 6.07) is 12.7. The van der Waals surface area contributed by atoms with Gasteiger partial charge in [0.05, 0.1) is 29.0 Å². The zero-order chi connectivity index (χ0) is 17.2. The Bertz CT molecular complexity index is 1030. The van der Waals surface area contributed by atoms with Crippen LogP contribution in [0.15, 0.2) is 68.9 Å². The van der Waals surface area contributed by atoms with E-state index >= 15 is 0 Å². The van der Waals surface area contributed by atoms with E-state index < -0.39 is 5.91 Å². The van der Waals surface area contributed by atoms with Crippen LogP contribution in [0.3, 0.4) is 0 Å². The second kappa shape index (κ2) is 6.37. The van der Waals surface area contributed by atoms with Crippen LogP contribution in [0.1, 0.15) is 21.9 Å². The summed E-state index contributed by atoms with van der Waals surface area (Å²) in [5.74, 6) is 0.324. The first-order chi connectivity index (χ1) is 12.2. The van der Waals surface area contributed by atoms with Crippen LogP contribution in [-0.4, -0.2) is 17.1 Å². The molecule has 25 heavy (non-hydrogen) atoms. The number of nitrogens with zero attached hydrogens (tertiary/aromatic N) is 3. The van der Waals surface area contributed by atoms with Crippen molar-refractivity contribution in [1.82, 2.24) is 4.98 Å². The minimum absolute atomic E-state index is 0.187. The van der Waals surface area contributed by atoms with Crippen LogP contribution in [0.25, 0.3) is 10.2 Å². The summed E-state index contributed by atoms with van der Waals surface area (Å²) < 4.78 is 11.4. The molecule has 0 saturated heterocycles. The van der Waals surface area contributed by atoms with E-state index in [2.05, 4.69) is 10.1 Å². The van der Waals surface area contributed by atoms with Gasteiger partial charge in [0.1, 0.15) is 5.76 Å². The third-order valence-electron chi connectivity index (χ3n) is 3.48. The number of thiazole rings is 1. The van der Waals surface area contributed by atoms with Gasteiger partial charge in [-0.3, -0.25) is 4.79 Å². The first-order valence-electron chi connectivity index (χ1n) is 7.53. The van der Waals surface area contributed by atoms with Gasteiger partial charge in [-0.2, -0.15) is 10.1 Å². The number of carbonyl (C=O) groups excluding carboxylic acids is 1. The number of furan rings is 2. The van der Waals surface area contributed by atoms with Gasteiger partial charge in [-0.05, 0) is 48.9 Å². The van der Waals surface area contributed by atoms with E-state index in [9.17, 15) is 4.79 Å². The molecule has 3 heterocycles. The fraction of sp³-hybridized carbons (Fsp3) is 0.0556. The molecule has 4 aromatic rings. The van der Waals surface area contributed by atoms with Crippen LogP contribution in [0.2, 0.25) is 0 Å². The largest absolute Gasteiger partial charge is 0.463 e. The minimum atomic E-state index is -0.399. The summed E-state index contributed by atoms with van der Waals surface area (Å²) in [6.07, 6.45) is 4.46. The molecule has 0 unspecified atom stereocenters. The zero-order valence-electron chi connectivity index (χ0n) is 13.2. The lowest BCUT2D eigenvalue weighted by Crippen LogP contribution is -2.25. The highest BCUT2D eigenvalue weighted by Gasteiger charge is 2.23. The second-order valence-corrected chi connectivity index (χ2v) is 6.33. The van der Waals surface area contributed by atoms with E-state index in [0.717, 1.165) is 15.8 Å². The van der Waals surface area contributed by atoms with Gasteiger partial charge in [0, 0.05) is 0 Å². The van der Waals surface area contributed by atoms with E-state index in [-0.39, 0.29) is 5.76 Å². The molecular formula is C18H13N3O3S. The van der Waals surface area contributed by atoms with Crippen LogP contribution < -0.4 is 5.01 Å². The number of anilines is 1. The summed E-state index contributed by atoms with van der Waals surface area (Å²) >= 11 is 1.39. The summed E-state index contributed by atoms with van der Waals surface area (Å²) in [5.41, 5.74) is 1.95. The maximum Gasteiger partial charge on any atom is 0.316 e. The number of rotatable bonds is 4. The zero-order valence-corrected chi connectivity index (χ0v) is 14.1. The molecule has 0 spiro atoms. The Morgan fingerprint density at radius 1 is 1.20 bits per heavy atom. The fourth-order valence-electron chi connectivity index (χ4n) is 2.28. The molecule has 124 valence electrons. The maximum absolute atomic E-state index is 12.8. The highest BCUT2D eigenvalue weighted by Crippen LogP contribution is 2.30. The topological polar surface area (TPSA) is 71.8 Å². The number of hydrogen-bond acceptors (Lipinski definition) is 6. The molecule has 4 rings (SSSR count). The average Bonchev–Trinajstić information content (AvgIpc) is 3.36. The number of carbonyl (C=O) groups is 1. The van der Waals surface area contributed by atoms with Gasteiger partial charge in [0.15, 0.2) is 5.76 Å². The molecule has 1 amide bonds. The number of aryl methyl sites for hydroxylation is 1. The SMILES string of the molecule is Cc1ccc2nc(N(/N=C\c3ccco3)C(=O)c3ccco3)sc2c1. The van der Waals surface area contributed by atoms with Gasteiger partial charge in [-0.1, -0.05) is 17.4 Å². The standard InChI is InChI=1S/C18H13N3O3S/c1-12-6-7-14-16(10-12)25-18(20-14)21(17(22)15-5-3-9-24-15)19-11-13-4-2-8-23-13/h2-11H,1H3/b19-11-. The van der Waals surface area contributed by atoms with Gasteiger partial charge in [-0.25, -0.2) is 4.98 Å². The van der Waals surface area contributed by atoms with Gasteiger partial charge in [-0.15, -0.1) is 0 Å². The van der Waals surface area contributed by atoms with E-state index in [0.29, 0.717) is 10.9 Å². The molecular weight excluding hydrogens is 338 g/mol. The third kappa shape index (κ3) is 3.09. The number of amides is 1. The smallest absolute Gasteiger partial charge is 0.316 e. The maximum atomic E-state index is 12.8. The van der Waals surface area contributed by atoms with Crippen molar-refractivity contribution in [1.29, 1.82) is 0 Å². The summed E-state index contributed by atoms with van der Waals surface area (Å²) in [4.78, 5) is 17.3. The molecule has 0 atom stereocenters. The average molecular weight is 351 g/mol. The molecule has 0 fully saturated rings. The highest BCUT2D eigenvalue weighted by molar-refractivity contribution is 7.22. The molecule has 6 nitrogen and oxygen atoms in total. The van der Waals surface area contributed by atoms with E-state index in [1.807, 2.05) is 25.1 Å². The van der Waals surface area contributed by atoms with Crippen molar-refractivity contribution in [3.05, 3.63) is 72.1 Å². The molecule has 0 aliphatic rings. The molecule has 0 aliphatic heterocycles.